The van der Waals surface area contributed by atoms with Crippen LogP contribution in [0.25, 0.3) is 5.69 Å². The molecular weight excluding hydrogens is 425 g/mol. The van der Waals surface area contributed by atoms with E-state index in [1.54, 1.807) is 0 Å². The first-order chi connectivity index (χ1) is 11.6. The molecule has 1 saturated heterocycles. The molecule has 5 nitrogen and oxygen atoms in total. The van der Waals surface area contributed by atoms with Crippen LogP contribution in [0.15, 0.2) is 35.3 Å². The Morgan fingerprint density at radius 1 is 1.20 bits per heavy atom. The van der Waals surface area contributed by atoms with E-state index >= 15 is 0 Å². The second-order valence-corrected chi connectivity index (χ2v) is 6.74. The summed E-state index contributed by atoms with van der Waals surface area (Å²) in [4.78, 5) is 6.84. The summed E-state index contributed by atoms with van der Waals surface area (Å²) in [6.07, 6.45) is 2.39. The van der Waals surface area contributed by atoms with Gasteiger partial charge >= 0.3 is 0 Å². The lowest BCUT2D eigenvalue weighted by Crippen LogP contribution is -2.42. The van der Waals surface area contributed by atoms with Gasteiger partial charge in [-0.05, 0) is 44.7 Å². The number of likely N-dealkylation sites (tertiary alicyclic amines) is 1. The number of hydrogen-bond acceptors (Lipinski definition) is 2. The molecule has 2 heterocycles. The molecule has 1 aromatic carbocycles. The largest absolute Gasteiger partial charge is 0.370 e. The van der Waals surface area contributed by atoms with Crippen molar-refractivity contribution in [2.75, 3.05) is 13.1 Å². The van der Waals surface area contributed by atoms with Gasteiger partial charge in [0.2, 0.25) is 0 Å². The van der Waals surface area contributed by atoms with Crippen LogP contribution in [0.3, 0.4) is 0 Å². The van der Waals surface area contributed by atoms with Crippen LogP contribution in [0.1, 0.15) is 36.7 Å². The van der Waals surface area contributed by atoms with Crippen molar-refractivity contribution in [3.8, 4) is 5.69 Å². The average Bonchev–Trinajstić information content (AvgIpc) is 2.88. The van der Waals surface area contributed by atoms with E-state index in [1.807, 2.05) is 29.8 Å². The number of hydrogen-bond donors (Lipinski definition) is 1. The number of piperidine rings is 1. The third-order valence-electron chi connectivity index (χ3n) is 4.95. The van der Waals surface area contributed by atoms with Crippen molar-refractivity contribution in [2.24, 2.45) is 16.6 Å². The molecule has 0 amide bonds. The lowest BCUT2D eigenvalue weighted by Gasteiger charge is -2.31. The second-order valence-electron chi connectivity index (χ2n) is 6.74. The zero-order valence-corrected chi connectivity index (χ0v) is 17.6. The lowest BCUT2D eigenvalue weighted by atomic mass is 10.00. The fourth-order valence-corrected chi connectivity index (χ4v) is 3.22. The van der Waals surface area contributed by atoms with Crippen LogP contribution < -0.4 is 5.73 Å². The zero-order valence-electron chi connectivity index (χ0n) is 15.3. The number of halogens is 1. The highest BCUT2D eigenvalue weighted by Gasteiger charge is 2.18. The molecule has 1 aliphatic heterocycles. The predicted molar refractivity (Wildman–Crippen MR) is 114 cm³/mol. The Balaban J connectivity index is 0.00000225. The van der Waals surface area contributed by atoms with Gasteiger partial charge in [0.25, 0.3) is 0 Å². The summed E-state index contributed by atoms with van der Waals surface area (Å²) in [6.45, 7) is 9.04. The van der Waals surface area contributed by atoms with E-state index in [-0.39, 0.29) is 24.0 Å². The van der Waals surface area contributed by atoms with E-state index in [4.69, 9.17) is 5.73 Å². The zero-order chi connectivity index (χ0) is 17.1. The van der Waals surface area contributed by atoms with Gasteiger partial charge in [0.05, 0.1) is 17.9 Å². The smallest absolute Gasteiger partial charge is 0.191 e. The average molecular weight is 453 g/mol. The Morgan fingerprint density at radius 2 is 1.84 bits per heavy atom. The number of para-hydroxylation sites is 1. The van der Waals surface area contributed by atoms with E-state index in [0.717, 1.165) is 41.6 Å². The van der Waals surface area contributed by atoms with E-state index < -0.39 is 0 Å². The minimum absolute atomic E-state index is 0. The Labute approximate surface area is 167 Å². The van der Waals surface area contributed by atoms with Gasteiger partial charge in [-0.15, -0.1) is 24.0 Å². The maximum Gasteiger partial charge on any atom is 0.191 e. The predicted octanol–water partition coefficient (Wildman–Crippen LogP) is 3.65. The fourth-order valence-electron chi connectivity index (χ4n) is 3.22. The summed E-state index contributed by atoms with van der Waals surface area (Å²) in [5, 5.41) is 4.67. The number of benzene rings is 1. The molecule has 2 N–H and O–H groups in total. The first-order valence-corrected chi connectivity index (χ1v) is 8.71. The summed E-state index contributed by atoms with van der Waals surface area (Å²) in [7, 11) is 0. The van der Waals surface area contributed by atoms with Gasteiger partial charge in [-0.2, -0.15) is 5.10 Å². The molecule has 0 spiro atoms. The van der Waals surface area contributed by atoms with Gasteiger partial charge in [0.15, 0.2) is 5.96 Å². The van der Waals surface area contributed by atoms with Crippen molar-refractivity contribution in [3.63, 3.8) is 0 Å². The van der Waals surface area contributed by atoms with Crippen molar-refractivity contribution in [3.05, 3.63) is 47.3 Å². The number of aryl methyl sites for hydroxylation is 1. The number of aromatic nitrogens is 2. The minimum Gasteiger partial charge on any atom is -0.370 e. The normalized spacial score (nSPS) is 16.0. The first-order valence-electron chi connectivity index (χ1n) is 8.71. The van der Waals surface area contributed by atoms with E-state index in [9.17, 15) is 0 Å². The van der Waals surface area contributed by atoms with Gasteiger partial charge in [0, 0.05) is 24.3 Å². The molecule has 3 rings (SSSR count). The first kappa shape index (κ1) is 19.8. The van der Waals surface area contributed by atoms with Crippen molar-refractivity contribution >= 4 is 29.9 Å². The van der Waals surface area contributed by atoms with Gasteiger partial charge in [-0.3, -0.25) is 0 Å². The molecule has 2 aromatic rings. The molecule has 1 aliphatic rings. The van der Waals surface area contributed by atoms with Gasteiger partial charge < -0.3 is 10.6 Å². The monoisotopic (exact) mass is 453 g/mol. The standard InChI is InChI=1S/C19H27N5.HI/c1-14-9-11-23(12-10-14)19(20)21-13-18-15(2)22-24(16(18)3)17-7-5-4-6-8-17;/h4-8,14H,9-13H2,1-3H3,(H2,20,21);1H. The van der Waals surface area contributed by atoms with Crippen LogP contribution in [0.2, 0.25) is 0 Å². The summed E-state index contributed by atoms with van der Waals surface area (Å²) in [5.74, 6) is 1.45. The van der Waals surface area contributed by atoms with E-state index in [2.05, 4.69) is 41.0 Å². The van der Waals surface area contributed by atoms with Crippen molar-refractivity contribution in [1.82, 2.24) is 14.7 Å². The van der Waals surface area contributed by atoms with Crippen LogP contribution in [0.5, 0.6) is 0 Å². The summed E-state index contributed by atoms with van der Waals surface area (Å²) < 4.78 is 1.99. The number of nitrogens with zero attached hydrogens (tertiary/aromatic N) is 4. The molecule has 1 aromatic heterocycles. The summed E-state index contributed by atoms with van der Waals surface area (Å²) >= 11 is 0. The lowest BCUT2D eigenvalue weighted by molar-refractivity contribution is 0.277. The number of aliphatic imine (C=N–C) groups is 1. The number of rotatable bonds is 3. The van der Waals surface area contributed by atoms with Gasteiger partial charge in [0.1, 0.15) is 0 Å². The van der Waals surface area contributed by atoms with Crippen molar-refractivity contribution < 1.29 is 0 Å². The van der Waals surface area contributed by atoms with E-state index in [1.165, 1.54) is 12.8 Å². The molecule has 0 saturated carbocycles. The van der Waals surface area contributed by atoms with Crippen molar-refractivity contribution in [2.45, 2.75) is 40.2 Å². The maximum atomic E-state index is 6.21. The highest BCUT2D eigenvalue weighted by atomic mass is 127. The van der Waals surface area contributed by atoms with Crippen LogP contribution in [-0.2, 0) is 6.54 Å². The summed E-state index contributed by atoms with van der Waals surface area (Å²) in [6, 6.07) is 10.2. The number of nitrogens with two attached hydrogens (primary N) is 1. The molecule has 0 aliphatic carbocycles. The van der Waals surface area contributed by atoms with Crippen LogP contribution in [0, 0.1) is 19.8 Å². The molecular formula is C19H28IN5. The van der Waals surface area contributed by atoms with Crippen LogP contribution >= 0.6 is 24.0 Å². The summed E-state index contributed by atoms with van der Waals surface area (Å²) in [5.41, 5.74) is 10.6. The SMILES string of the molecule is Cc1nn(-c2ccccc2)c(C)c1CN=C(N)N1CCC(C)CC1.I. The van der Waals surface area contributed by atoms with Gasteiger partial charge in [-0.1, -0.05) is 25.1 Å². The molecule has 0 unspecified atom stereocenters. The van der Waals surface area contributed by atoms with Crippen molar-refractivity contribution in [1.29, 1.82) is 0 Å². The topological polar surface area (TPSA) is 59.4 Å². The highest BCUT2D eigenvalue weighted by Crippen LogP contribution is 2.19. The molecule has 136 valence electrons. The molecule has 1 fully saturated rings. The Bertz CT molecular complexity index is 715. The third kappa shape index (κ3) is 4.54. The Hall–Kier alpha value is -1.57. The molecule has 0 bridgehead atoms. The fraction of sp³-hybridized carbons (Fsp3) is 0.474. The Kier molecular flexibility index (Phi) is 6.87. The van der Waals surface area contributed by atoms with E-state index in [0.29, 0.717) is 12.5 Å². The van der Waals surface area contributed by atoms with Gasteiger partial charge in [-0.25, -0.2) is 9.67 Å². The molecule has 0 radical (unpaired) electrons. The molecule has 6 heteroatoms. The van der Waals surface area contributed by atoms with Crippen LogP contribution in [-0.4, -0.2) is 33.7 Å². The highest BCUT2D eigenvalue weighted by molar-refractivity contribution is 14.0. The molecule has 0 atom stereocenters. The Morgan fingerprint density at radius 3 is 2.48 bits per heavy atom. The maximum absolute atomic E-state index is 6.21. The quantitative estimate of drug-likeness (QED) is 0.439. The third-order valence-corrected chi connectivity index (χ3v) is 4.95. The number of guanidine groups is 1. The molecule has 25 heavy (non-hydrogen) atoms. The second kappa shape index (κ2) is 8.69. The minimum atomic E-state index is 0. The van der Waals surface area contributed by atoms with Crippen LogP contribution in [0.4, 0.5) is 0 Å².